The SMILES string of the molecule is NC=O.ONCC1CSc2ccc(Oc3ccccc3)cc2C1. The Balaban J connectivity index is 0.000000595. The number of fused-ring (bicyclic) bond motifs is 1. The molecule has 122 valence electrons. The molecule has 0 aliphatic carbocycles. The van der Waals surface area contributed by atoms with Gasteiger partial charge < -0.3 is 15.7 Å². The van der Waals surface area contributed by atoms with E-state index >= 15 is 0 Å². The van der Waals surface area contributed by atoms with Gasteiger partial charge in [0.2, 0.25) is 6.41 Å². The van der Waals surface area contributed by atoms with Crippen molar-refractivity contribution < 1.29 is 14.7 Å². The lowest BCUT2D eigenvalue weighted by atomic mass is 10.0. The highest BCUT2D eigenvalue weighted by molar-refractivity contribution is 7.99. The second-order valence-electron chi connectivity index (χ2n) is 5.06. The molecule has 2 aromatic carbocycles. The van der Waals surface area contributed by atoms with E-state index in [1.165, 1.54) is 10.5 Å². The van der Waals surface area contributed by atoms with Gasteiger partial charge in [-0.2, -0.15) is 0 Å². The largest absolute Gasteiger partial charge is 0.457 e. The molecule has 5 nitrogen and oxygen atoms in total. The Hall–Kier alpha value is -2.02. The van der Waals surface area contributed by atoms with E-state index in [-0.39, 0.29) is 6.41 Å². The van der Waals surface area contributed by atoms with Crippen molar-refractivity contribution in [2.45, 2.75) is 11.3 Å². The van der Waals surface area contributed by atoms with Gasteiger partial charge in [0, 0.05) is 17.2 Å². The molecule has 0 saturated carbocycles. The summed E-state index contributed by atoms with van der Waals surface area (Å²) in [5.41, 5.74) is 7.75. The monoisotopic (exact) mass is 332 g/mol. The maximum atomic E-state index is 8.83. The molecule has 0 saturated heterocycles. The van der Waals surface area contributed by atoms with Crippen molar-refractivity contribution in [3.8, 4) is 11.5 Å². The third kappa shape index (κ3) is 5.28. The minimum atomic E-state index is 0.250. The zero-order chi connectivity index (χ0) is 16.5. The molecule has 1 aliphatic heterocycles. The number of nitrogens with one attached hydrogen (secondary N) is 1. The molecular formula is C17H20N2O3S. The summed E-state index contributed by atoms with van der Waals surface area (Å²) in [5, 5.41) is 8.83. The van der Waals surface area contributed by atoms with Gasteiger partial charge in [0.25, 0.3) is 0 Å². The first kappa shape index (κ1) is 17.3. The minimum Gasteiger partial charge on any atom is -0.457 e. The number of primary amides is 1. The van der Waals surface area contributed by atoms with Gasteiger partial charge in [-0.15, -0.1) is 11.8 Å². The number of hydrogen-bond donors (Lipinski definition) is 3. The molecule has 0 bridgehead atoms. The smallest absolute Gasteiger partial charge is 0.204 e. The standard InChI is InChI=1S/C16H17NO2S.CH3NO/c18-17-10-12-8-13-9-15(6-7-16(13)20-11-12)19-14-4-2-1-3-5-14;2-1-3/h1-7,9,12,17-18H,8,10-11H2;1H,(H2,2,3). The highest BCUT2D eigenvalue weighted by Gasteiger charge is 2.19. The van der Waals surface area contributed by atoms with Crippen molar-refractivity contribution in [1.29, 1.82) is 0 Å². The Morgan fingerprint density at radius 2 is 2.00 bits per heavy atom. The first-order valence-electron chi connectivity index (χ1n) is 7.27. The molecule has 0 fully saturated rings. The molecular weight excluding hydrogens is 312 g/mol. The fourth-order valence-electron chi connectivity index (χ4n) is 2.38. The predicted octanol–water partition coefficient (Wildman–Crippen LogP) is 2.82. The highest BCUT2D eigenvalue weighted by Crippen LogP contribution is 2.35. The lowest BCUT2D eigenvalue weighted by Gasteiger charge is -2.24. The first-order valence-corrected chi connectivity index (χ1v) is 8.26. The fraction of sp³-hybridized carbons (Fsp3) is 0.235. The van der Waals surface area contributed by atoms with E-state index in [2.05, 4.69) is 23.3 Å². The number of rotatable bonds is 4. The van der Waals surface area contributed by atoms with E-state index in [1.54, 1.807) is 0 Å². The number of hydroxylamine groups is 1. The van der Waals surface area contributed by atoms with Gasteiger partial charge in [0.05, 0.1) is 0 Å². The molecule has 6 heteroatoms. The molecule has 3 rings (SSSR count). The summed E-state index contributed by atoms with van der Waals surface area (Å²) in [5.74, 6) is 3.22. The van der Waals surface area contributed by atoms with Gasteiger partial charge in [-0.1, -0.05) is 18.2 Å². The van der Waals surface area contributed by atoms with Crippen LogP contribution in [0.15, 0.2) is 53.4 Å². The number of carbonyl (C=O) groups is 1. The lowest BCUT2D eigenvalue weighted by molar-refractivity contribution is -0.106. The van der Waals surface area contributed by atoms with Gasteiger partial charge in [0.1, 0.15) is 11.5 Å². The van der Waals surface area contributed by atoms with Gasteiger partial charge in [0.15, 0.2) is 0 Å². The van der Waals surface area contributed by atoms with Gasteiger partial charge in [-0.25, -0.2) is 5.48 Å². The van der Waals surface area contributed by atoms with Crippen molar-refractivity contribution in [3.63, 3.8) is 0 Å². The number of amides is 1. The molecule has 0 aromatic heterocycles. The maximum absolute atomic E-state index is 8.83. The molecule has 1 aliphatic rings. The number of thioether (sulfide) groups is 1. The molecule has 1 unspecified atom stereocenters. The highest BCUT2D eigenvalue weighted by atomic mass is 32.2. The van der Waals surface area contributed by atoms with Gasteiger partial charge >= 0.3 is 0 Å². The predicted molar refractivity (Wildman–Crippen MR) is 90.9 cm³/mol. The van der Waals surface area contributed by atoms with Crippen LogP contribution in [-0.2, 0) is 11.2 Å². The first-order chi connectivity index (χ1) is 11.3. The van der Waals surface area contributed by atoms with Crippen molar-refractivity contribution in [1.82, 2.24) is 5.48 Å². The molecule has 0 spiro atoms. The number of ether oxygens (including phenoxy) is 1. The molecule has 23 heavy (non-hydrogen) atoms. The quantitative estimate of drug-likeness (QED) is 0.592. The van der Waals surface area contributed by atoms with E-state index in [1.807, 2.05) is 48.2 Å². The summed E-state index contributed by atoms with van der Waals surface area (Å²) < 4.78 is 5.87. The van der Waals surface area contributed by atoms with Crippen LogP contribution >= 0.6 is 11.8 Å². The lowest BCUT2D eigenvalue weighted by Crippen LogP contribution is -2.25. The number of benzene rings is 2. The van der Waals surface area contributed by atoms with Crippen molar-refractivity contribution in [2.75, 3.05) is 12.3 Å². The topological polar surface area (TPSA) is 84.6 Å². The minimum absolute atomic E-state index is 0.250. The van der Waals surface area contributed by atoms with Crippen LogP contribution in [-0.4, -0.2) is 23.9 Å². The van der Waals surface area contributed by atoms with Crippen LogP contribution in [0, 0.1) is 5.92 Å². The van der Waals surface area contributed by atoms with Crippen molar-refractivity contribution in [3.05, 3.63) is 54.1 Å². The number of para-hydroxylation sites is 1. The zero-order valence-electron chi connectivity index (χ0n) is 12.6. The third-order valence-corrected chi connectivity index (χ3v) is 4.72. The Kier molecular flexibility index (Phi) is 6.93. The van der Waals surface area contributed by atoms with Crippen LogP contribution in [0.4, 0.5) is 0 Å². The summed E-state index contributed by atoms with van der Waals surface area (Å²) in [6.45, 7) is 0.635. The van der Waals surface area contributed by atoms with Crippen LogP contribution < -0.4 is 16.0 Å². The molecule has 0 radical (unpaired) electrons. The van der Waals surface area contributed by atoms with E-state index in [0.29, 0.717) is 12.5 Å². The van der Waals surface area contributed by atoms with Crippen molar-refractivity contribution in [2.24, 2.45) is 11.7 Å². The Bertz CT molecular complexity index is 622. The second-order valence-corrected chi connectivity index (χ2v) is 6.13. The Morgan fingerprint density at radius 1 is 1.26 bits per heavy atom. The number of carbonyl (C=O) groups excluding carboxylic acids is 1. The van der Waals surface area contributed by atoms with E-state index < -0.39 is 0 Å². The number of hydrogen-bond acceptors (Lipinski definition) is 5. The average Bonchev–Trinajstić information content (AvgIpc) is 2.56. The van der Waals surface area contributed by atoms with Crippen molar-refractivity contribution >= 4 is 18.2 Å². The van der Waals surface area contributed by atoms with Gasteiger partial charge in [-0.05, 0) is 48.2 Å². The summed E-state index contributed by atoms with van der Waals surface area (Å²) in [6, 6.07) is 16.1. The number of nitrogens with two attached hydrogens (primary N) is 1. The third-order valence-electron chi connectivity index (χ3n) is 3.37. The second kappa shape index (κ2) is 9.19. The van der Waals surface area contributed by atoms with Gasteiger partial charge in [-0.3, -0.25) is 4.79 Å². The van der Waals surface area contributed by atoms with Crippen LogP contribution in [0.25, 0.3) is 0 Å². The normalized spacial score (nSPS) is 15.8. The summed E-state index contributed by atoms with van der Waals surface area (Å²) in [6.07, 6.45) is 1.22. The summed E-state index contributed by atoms with van der Waals surface area (Å²) in [4.78, 5) is 9.90. The van der Waals surface area contributed by atoms with Crippen LogP contribution in [0.5, 0.6) is 11.5 Å². The maximum Gasteiger partial charge on any atom is 0.204 e. The van der Waals surface area contributed by atoms with Crippen LogP contribution in [0.2, 0.25) is 0 Å². The molecule has 4 N–H and O–H groups in total. The van der Waals surface area contributed by atoms with Crippen LogP contribution in [0.1, 0.15) is 5.56 Å². The molecule has 2 aromatic rings. The average molecular weight is 332 g/mol. The zero-order valence-corrected chi connectivity index (χ0v) is 13.5. The Labute approximate surface area is 139 Å². The summed E-state index contributed by atoms with van der Waals surface area (Å²) >= 11 is 1.85. The summed E-state index contributed by atoms with van der Waals surface area (Å²) in [7, 11) is 0. The fourth-order valence-corrected chi connectivity index (χ4v) is 3.52. The molecule has 1 heterocycles. The Morgan fingerprint density at radius 3 is 2.70 bits per heavy atom. The van der Waals surface area contributed by atoms with E-state index in [9.17, 15) is 0 Å². The molecule has 1 atom stereocenters. The molecule has 1 amide bonds. The van der Waals surface area contributed by atoms with E-state index in [4.69, 9.17) is 14.7 Å². The van der Waals surface area contributed by atoms with Crippen LogP contribution in [0.3, 0.4) is 0 Å². The van der Waals surface area contributed by atoms with E-state index in [0.717, 1.165) is 23.7 Å².